The van der Waals surface area contributed by atoms with E-state index in [9.17, 15) is 4.79 Å². The molecule has 0 spiro atoms. The highest BCUT2D eigenvalue weighted by molar-refractivity contribution is 5.77. The van der Waals surface area contributed by atoms with E-state index < -0.39 is 0 Å². The molecule has 0 heterocycles. The molecule has 3 N–H and O–H groups in total. The zero-order valence-electron chi connectivity index (χ0n) is 12.4. The number of benzene rings is 1. The summed E-state index contributed by atoms with van der Waals surface area (Å²) in [7, 11) is 0. The fourth-order valence-corrected chi connectivity index (χ4v) is 2.04. The summed E-state index contributed by atoms with van der Waals surface area (Å²) in [6.07, 6.45) is 0.512. The van der Waals surface area contributed by atoms with Gasteiger partial charge in [-0.15, -0.1) is 0 Å². The summed E-state index contributed by atoms with van der Waals surface area (Å²) < 4.78 is 0. The molecule has 0 aromatic heterocycles. The molecule has 0 bridgehead atoms. The fraction of sp³-hybridized carbons (Fsp3) is 0.562. The molecular weight excluding hydrogens is 236 g/mol. The van der Waals surface area contributed by atoms with Gasteiger partial charge in [-0.05, 0) is 31.2 Å². The van der Waals surface area contributed by atoms with Crippen molar-refractivity contribution in [3.05, 3.63) is 35.9 Å². The molecule has 0 radical (unpaired) electrons. The van der Waals surface area contributed by atoms with Gasteiger partial charge in [-0.25, -0.2) is 0 Å². The molecular formula is C16H26N2O. The molecule has 19 heavy (non-hydrogen) atoms. The number of carbonyl (C=O) groups is 1. The van der Waals surface area contributed by atoms with Crippen LogP contribution in [0.1, 0.15) is 45.6 Å². The molecule has 0 aliphatic carbocycles. The highest BCUT2D eigenvalue weighted by Crippen LogP contribution is 2.27. The van der Waals surface area contributed by atoms with Crippen LogP contribution in [0.3, 0.4) is 0 Å². The largest absolute Gasteiger partial charge is 0.354 e. The topological polar surface area (TPSA) is 55.1 Å². The molecule has 3 nitrogen and oxygen atoms in total. The van der Waals surface area contributed by atoms with E-state index in [0.717, 1.165) is 0 Å². The normalized spacial score (nSPS) is 13.4. The Hall–Kier alpha value is -1.35. The van der Waals surface area contributed by atoms with E-state index in [1.54, 1.807) is 0 Å². The minimum Gasteiger partial charge on any atom is -0.354 e. The van der Waals surface area contributed by atoms with Crippen molar-refractivity contribution >= 4 is 5.91 Å². The van der Waals surface area contributed by atoms with Gasteiger partial charge >= 0.3 is 0 Å². The van der Waals surface area contributed by atoms with Crippen molar-refractivity contribution in [1.82, 2.24) is 5.32 Å². The van der Waals surface area contributed by atoms with Crippen LogP contribution < -0.4 is 11.1 Å². The highest BCUT2D eigenvalue weighted by Gasteiger charge is 2.20. The average molecular weight is 262 g/mol. The number of amides is 1. The van der Waals surface area contributed by atoms with Crippen LogP contribution in [0.5, 0.6) is 0 Å². The van der Waals surface area contributed by atoms with Gasteiger partial charge in [0, 0.05) is 18.5 Å². The van der Waals surface area contributed by atoms with Crippen LogP contribution in [0.2, 0.25) is 0 Å². The van der Waals surface area contributed by atoms with Crippen LogP contribution in [0.25, 0.3) is 0 Å². The SMILES string of the molecule is CC(C)C(CC(=O)NCC(C)(C)N)c1ccccc1. The first-order valence-electron chi connectivity index (χ1n) is 6.90. The summed E-state index contributed by atoms with van der Waals surface area (Å²) in [4.78, 5) is 12.0. The molecule has 0 aliphatic rings. The van der Waals surface area contributed by atoms with Crippen LogP contribution in [0.15, 0.2) is 30.3 Å². The van der Waals surface area contributed by atoms with Gasteiger partial charge in [0.05, 0.1) is 0 Å². The molecule has 1 aromatic carbocycles. The van der Waals surface area contributed by atoms with Crippen molar-refractivity contribution < 1.29 is 4.79 Å². The second kappa shape index (κ2) is 6.71. The molecule has 1 rings (SSSR count). The summed E-state index contributed by atoms with van der Waals surface area (Å²) in [5.41, 5.74) is 6.73. The molecule has 1 aromatic rings. The summed E-state index contributed by atoms with van der Waals surface area (Å²) in [5.74, 6) is 0.752. The molecule has 1 unspecified atom stereocenters. The molecule has 3 heteroatoms. The predicted octanol–water partition coefficient (Wildman–Crippen LogP) is 2.67. The third kappa shape index (κ3) is 5.88. The molecule has 1 amide bonds. The van der Waals surface area contributed by atoms with Crippen molar-refractivity contribution in [3.8, 4) is 0 Å². The van der Waals surface area contributed by atoms with E-state index in [1.807, 2.05) is 32.0 Å². The van der Waals surface area contributed by atoms with Crippen LogP contribution >= 0.6 is 0 Å². The lowest BCUT2D eigenvalue weighted by molar-refractivity contribution is -0.121. The number of hydrogen-bond acceptors (Lipinski definition) is 2. The number of hydrogen-bond donors (Lipinski definition) is 2. The van der Waals surface area contributed by atoms with Crippen LogP contribution in [0.4, 0.5) is 0 Å². The highest BCUT2D eigenvalue weighted by atomic mass is 16.1. The summed E-state index contributed by atoms with van der Waals surface area (Å²) >= 11 is 0. The zero-order chi connectivity index (χ0) is 14.5. The number of carbonyl (C=O) groups excluding carboxylic acids is 1. The number of nitrogens with one attached hydrogen (secondary N) is 1. The van der Waals surface area contributed by atoms with Crippen molar-refractivity contribution in [1.29, 1.82) is 0 Å². The maximum absolute atomic E-state index is 12.0. The van der Waals surface area contributed by atoms with Crippen molar-refractivity contribution in [3.63, 3.8) is 0 Å². The number of rotatable bonds is 6. The molecule has 0 aliphatic heterocycles. The molecule has 0 saturated carbocycles. The van der Waals surface area contributed by atoms with Gasteiger partial charge in [-0.3, -0.25) is 4.79 Å². The first kappa shape index (κ1) is 15.7. The van der Waals surface area contributed by atoms with Gasteiger partial charge in [-0.2, -0.15) is 0 Å². The Kier molecular flexibility index (Phi) is 5.55. The first-order chi connectivity index (χ1) is 8.79. The van der Waals surface area contributed by atoms with E-state index in [4.69, 9.17) is 5.73 Å². The quantitative estimate of drug-likeness (QED) is 0.828. The van der Waals surface area contributed by atoms with E-state index in [2.05, 4.69) is 31.3 Å². The Morgan fingerprint density at radius 2 is 1.84 bits per heavy atom. The minimum absolute atomic E-state index is 0.0704. The Labute approximate surface area is 116 Å². The fourth-order valence-electron chi connectivity index (χ4n) is 2.04. The first-order valence-corrected chi connectivity index (χ1v) is 6.90. The van der Waals surface area contributed by atoms with Crippen molar-refractivity contribution in [2.75, 3.05) is 6.54 Å². The maximum atomic E-state index is 12.0. The van der Waals surface area contributed by atoms with Crippen molar-refractivity contribution in [2.45, 2.75) is 45.6 Å². The third-order valence-electron chi connectivity index (χ3n) is 3.18. The average Bonchev–Trinajstić information content (AvgIpc) is 2.33. The standard InChI is InChI=1S/C16H26N2O/c1-12(2)14(13-8-6-5-7-9-13)10-15(19)18-11-16(3,4)17/h5-9,12,14H,10-11,17H2,1-4H3,(H,18,19). The smallest absolute Gasteiger partial charge is 0.220 e. The molecule has 0 fully saturated rings. The van der Waals surface area contributed by atoms with Gasteiger partial charge in [-0.1, -0.05) is 44.2 Å². The van der Waals surface area contributed by atoms with Gasteiger partial charge in [0.1, 0.15) is 0 Å². The summed E-state index contributed by atoms with van der Waals surface area (Å²) in [6.45, 7) is 8.62. The van der Waals surface area contributed by atoms with E-state index >= 15 is 0 Å². The second-order valence-corrected chi connectivity index (χ2v) is 6.23. The van der Waals surface area contributed by atoms with Gasteiger partial charge < -0.3 is 11.1 Å². The molecule has 0 saturated heterocycles. The lowest BCUT2D eigenvalue weighted by Gasteiger charge is -2.23. The van der Waals surface area contributed by atoms with E-state index in [-0.39, 0.29) is 17.4 Å². The lowest BCUT2D eigenvalue weighted by atomic mass is 9.85. The van der Waals surface area contributed by atoms with Crippen LogP contribution in [-0.2, 0) is 4.79 Å². The Balaban J connectivity index is 2.63. The van der Waals surface area contributed by atoms with Gasteiger partial charge in [0.15, 0.2) is 0 Å². The second-order valence-electron chi connectivity index (χ2n) is 6.23. The van der Waals surface area contributed by atoms with Gasteiger partial charge in [0.25, 0.3) is 0 Å². The lowest BCUT2D eigenvalue weighted by Crippen LogP contribution is -2.45. The minimum atomic E-state index is -0.365. The predicted molar refractivity (Wildman–Crippen MR) is 79.9 cm³/mol. The Morgan fingerprint density at radius 3 is 2.32 bits per heavy atom. The summed E-state index contributed by atoms with van der Waals surface area (Å²) in [6, 6.07) is 10.2. The summed E-state index contributed by atoms with van der Waals surface area (Å²) in [5, 5.41) is 2.91. The van der Waals surface area contributed by atoms with E-state index in [1.165, 1.54) is 5.56 Å². The van der Waals surface area contributed by atoms with Crippen LogP contribution in [0, 0.1) is 5.92 Å². The van der Waals surface area contributed by atoms with Gasteiger partial charge in [0.2, 0.25) is 5.91 Å². The maximum Gasteiger partial charge on any atom is 0.220 e. The monoisotopic (exact) mass is 262 g/mol. The molecule has 1 atom stereocenters. The third-order valence-corrected chi connectivity index (χ3v) is 3.18. The number of nitrogens with two attached hydrogens (primary N) is 1. The van der Waals surface area contributed by atoms with Crippen molar-refractivity contribution in [2.24, 2.45) is 11.7 Å². The zero-order valence-corrected chi connectivity index (χ0v) is 12.4. The Bertz CT molecular complexity index is 393. The van der Waals surface area contributed by atoms with Crippen LogP contribution in [-0.4, -0.2) is 18.0 Å². The molecule has 106 valence electrons. The Morgan fingerprint density at radius 1 is 1.26 bits per heavy atom. The van der Waals surface area contributed by atoms with E-state index in [0.29, 0.717) is 18.9 Å².